The fraction of sp³-hybridized carbons (Fsp3) is 0.100. The molecule has 0 aliphatic carbocycles. The summed E-state index contributed by atoms with van der Waals surface area (Å²) in [5, 5.41) is 8.06. The number of benzene rings is 2. The van der Waals surface area contributed by atoms with Crippen molar-refractivity contribution < 1.29 is 0 Å². The van der Waals surface area contributed by atoms with Crippen molar-refractivity contribution in [2.75, 3.05) is 17.3 Å². The molecule has 2 aromatic heterocycles. The first-order valence-electron chi connectivity index (χ1n) is 8.39. The van der Waals surface area contributed by atoms with Crippen LogP contribution in [0.4, 0.5) is 11.6 Å². The molecule has 1 aliphatic heterocycles. The van der Waals surface area contributed by atoms with Crippen molar-refractivity contribution in [3.63, 3.8) is 0 Å². The molecular formula is C20H17N5S. The van der Waals surface area contributed by atoms with E-state index in [4.69, 9.17) is 5.73 Å². The van der Waals surface area contributed by atoms with Crippen LogP contribution in [0.3, 0.4) is 0 Å². The number of hydrogen-bond donors (Lipinski definition) is 2. The Morgan fingerprint density at radius 2 is 1.88 bits per heavy atom. The number of nitrogen functional groups attached to an aromatic ring is 1. The molecule has 3 N–H and O–H groups in total. The first-order valence-corrected chi connectivity index (χ1v) is 9.62. The molecule has 0 fully saturated rings. The minimum Gasteiger partial charge on any atom is -0.374 e. The number of thioether (sulfide) groups is 1. The van der Waals surface area contributed by atoms with Crippen molar-refractivity contribution in [2.24, 2.45) is 0 Å². The first kappa shape index (κ1) is 15.3. The lowest BCUT2D eigenvalue weighted by molar-refractivity contribution is 0.911. The predicted octanol–water partition coefficient (Wildman–Crippen LogP) is 4.22. The van der Waals surface area contributed by atoms with E-state index in [0.29, 0.717) is 0 Å². The predicted molar refractivity (Wildman–Crippen MR) is 107 cm³/mol. The Balaban J connectivity index is 1.79. The number of aromatic nitrogens is 3. The lowest BCUT2D eigenvalue weighted by Crippen LogP contribution is -2.11. The molecule has 1 aliphatic rings. The Hall–Kier alpha value is -2.99. The van der Waals surface area contributed by atoms with Gasteiger partial charge in [0.1, 0.15) is 5.69 Å². The van der Waals surface area contributed by atoms with E-state index in [1.165, 1.54) is 10.5 Å². The van der Waals surface area contributed by atoms with E-state index in [1.54, 1.807) is 11.8 Å². The second-order valence-corrected chi connectivity index (χ2v) is 7.16. The van der Waals surface area contributed by atoms with Crippen molar-refractivity contribution in [1.29, 1.82) is 0 Å². The van der Waals surface area contributed by atoms with Gasteiger partial charge in [0, 0.05) is 27.9 Å². The molecule has 6 heteroatoms. The highest BCUT2D eigenvalue weighted by atomic mass is 32.2. The standard InChI is InChI=1S/C20H17N5S/c1-26-13-8-6-12(7-9-13)17-15-10-11-25-19(15)18(23-20(21)24-25)14-4-2-3-5-16(14)22-17/h2-11,17,22H,1H3,(H2,21,24). The Kier molecular flexibility index (Phi) is 3.39. The SMILES string of the molecule is CSc1ccc(C2Nc3ccccc3-c3nc(N)nn4ccc2c34)cc1. The van der Waals surface area contributed by atoms with E-state index in [-0.39, 0.29) is 12.0 Å². The third-order valence-corrected chi connectivity index (χ3v) is 5.54. The summed E-state index contributed by atoms with van der Waals surface area (Å²) < 4.78 is 1.83. The van der Waals surface area contributed by atoms with E-state index in [9.17, 15) is 0 Å². The number of anilines is 2. The molecule has 5 nitrogen and oxygen atoms in total. The van der Waals surface area contributed by atoms with Gasteiger partial charge in [0.25, 0.3) is 0 Å². The van der Waals surface area contributed by atoms with Crippen molar-refractivity contribution >= 4 is 28.9 Å². The lowest BCUT2D eigenvalue weighted by Gasteiger charge is -2.19. The molecule has 3 heterocycles. The van der Waals surface area contributed by atoms with Crippen LogP contribution >= 0.6 is 11.8 Å². The zero-order chi connectivity index (χ0) is 17.7. The first-order chi connectivity index (χ1) is 12.7. The van der Waals surface area contributed by atoms with Gasteiger partial charge in [0.05, 0.1) is 11.6 Å². The van der Waals surface area contributed by atoms with Crippen molar-refractivity contribution in [3.05, 3.63) is 71.9 Å². The molecule has 0 spiro atoms. The molecule has 1 unspecified atom stereocenters. The largest absolute Gasteiger partial charge is 0.374 e. The van der Waals surface area contributed by atoms with Crippen LogP contribution in [0.5, 0.6) is 0 Å². The van der Waals surface area contributed by atoms with Crippen LogP contribution in [0.2, 0.25) is 0 Å². The third-order valence-electron chi connectivity index (χ3n) is 4.80. The summed E-state index contributed by atoms with van der Waals surface area (Å²) in [6.45, 7) is 0. The fourth-order valence-electron chi connectivity index (χ4n) is 3.59. The maximum Gasteiger partial charge on any atom is 0.238 e. The molecule has 0 saturated heterocycles. The van der Waals surface area contributed by atoms with E-state index in [2.05, 4.69) is 64.1 Å². The van der Waals surface area contributed by atoms with E-state index in [1.807, 2.05) is 22.8 Å². The Labute approximate surface area is 155 Å². The van der Waals surface area contributed by atoms with E-state index < -0.39 is 0 Å². The number of hydrogen-bond acceptors (Lipinski definition) is 5. The molecule has 0 radical (unpaired) electrons. The van der Waals surface area contributed by atoms with Gasteiger partial charge in [-0.15, -0.1) is 16.9 Å². The van der Waals surface area contributed by atoms with Gasteiger partial charge in [-0.1, -0.05) is 30.3 Å². The summed E-state index contributed by atoms with van der Waals surface area (Å²) in [7, 11) is 0. The average Bonchev–Trinajstić information content (AvgIpc) is 3.03. The van der Waals surface area contributed by atoms with E-state index >= 15 is 0 Å². The molecule has 5 rings (SSSR count). The van der Waals surface area contributed by atoms with Crippen LogP contribution in [0.25, 0.3) is 16.8 Å². The number of para-hydroxylation sites is 1. The van der Waals surface area contributed by atoms with Crippen molar-refractivity contribution in [2.45, 2.75) is 10.9 Å². The Morgan fingerprint density at radius 3 is 2.69 bits per heavy atom. The second kappa shape index (κ2) is 5.78. The minimum atomic E-state index is 0.0190. The van der Waals surface area contributed by atoms with Crippen molar-refractivity contribution in [3.8, 4) is 11.3 Å². The fourth-order valence-corrected chi connectivity index (χ4v) is 4.00. The molecule has 4 aromatic rings. The van der Waals surface area contributed by atoms with Gasteiger partial charge in [-0.3, -0.25) is 0 Å². The highest BCUT2D eigenvalue weighted by Crippen LogP contribution is 2.41. The zero-order valence-electron chi connectivity index (χ0n) is 14.2. The van der Waals surface area contributed by atoms with Gasteiger partial charge in [0.2, 0.25) is 5.95 Å². The number of fused-ring (bicyclic) bond motifs is 2. The molecule has 0 bridgehead atoms. The van der Waals surface area contributed by atoms with Crippen molar-refractivity contribution in [1.82, 2.24) is 14.6 Å². The van der Waals surface area contributed by atoms with Crippen LogP contribution in [-0.4, -0.2) is 20.9 Å². The molecule has 0 saturated carbocycles. The van der Waals surface area contributed by atoms with Gasteiger partial charge < -0.3 is 11.1 Å². The molecule has 1 atom stereocenters. The highest BCUT2D eigenvalue weighted by molar-refractivity contribution is 7.98. The summed E-state index contributed by atoms with van der Waals surface area (Å²) >= 11 is 1.74. The highest BCUT2D eigenvalue weighted by Gasteiger charge is 2.26. The normalized spacial score (nSPS) is 15.3. The summed E-state index contributed by atoms with van der Waals surface area (Å²) in [5.41, 5.74) is 12.2. The average molecular weight is 359 g/mol. The molecule has 26 heavy (non-hydrogen) atoms. The number of nitrogens with zero attached hydrogens (tertiary/aromatic N) is 3. The van der Waals surface area contributed by atoms with Crippen LogP contribution in [-0.2, 0) is 0 Å². The van der Waals surface area contributed by atoms with Gasteiger partial charge in [-0.05, 0) is 36.1 Å². The lowest BCUT2D eigenvalue weighted by atomic mass is 10.00. The van der Waals surface area contributed by atoms with Gasteiger partial charge >= 0.3 is 0 Å². The summed E-state index contributed by atoms with van der Waals surface area (Å²) in [5.74, 6) is 0.271. The molecule has 2 aromatic carbocycles. The number of rotatable bonds is 2. The topological polar surface area (TPSA) is 68.2 Å². The van der Waals surface area contributed by atoms with Crippen LogP contribution in [0.15, 0.2) is 65.7 Å². The zero-order valence-corrected chi connectivity index (χ0v) is 15.0. The summed E-state index contributed by atoms with van der Waals surface area (Å²) in [6.07, 6.45) is 4.04. The number of nitrogens with two attached hydrogens (primary N) is 1. The molecule has 0 amide bonds. The van der Waals surface area contributed by atoms with Crippen LogP contribution < -0.4 is 11.1 Å². The van der Waals surface area contributed by atoms with Crippen LogP contribution in [0, 0.1) is 0 Å². The van der Waals surface area contributed by atoms with Gasteiger partial charge in [0.15, 0.2) is 0 Å². The molecular weight excluding hydrogens is 342 g/mol. The molecule has 128 valence electrons. The summed E-state index contributed by atoms with van der Waals surface area (Å²) in [4.78, 5) is 5.81. The monoisotopic (exact) mass is 359 g/mol. The second-order valence-electron chi connectivity index (χ2n) is 6.28. The quantitative estimate of drug-likeness (QED) is 0.525. The Morgan fingerprint density at radius 1 is 1.08 bits per heavy atom. The summed E-state index contributed by atoms with van der Waals surface area (Å²) in [6, 6.07) is 19.0. The van der Waals surface area contributed by atoms with Crippen LogP contribution in [0.1, 0.15) is 17.2 Å². The maximum absolute atomic E-state index is 5.95. The maximum atomic E-state index is 5.95. The number of nitrogens with one attached hydrogen (secondary N) is 1. The van der Waals surface area contributed by atoms with Gasteiger partial charge in [-0.25, -0.2) is 9.50 Å². The van der Waals surface area contributed by atoms with Gasteiger partial charge in [-0.2, -0.15) is 0 Å². The van der Waals surface area contributed by atoms with E-state index in [0.717, 1.165) is 28.0 Å². The smallest absolute Gasteiger partial charge is 0.238 e. The minimum absolute atomic E-state index is 0.0190. The Bertz CT molecular complexity index is 1120. The third kappa shape index (κ3) is 2.26.